The normalized spacial score (nSPS) is 12.7. The summed E-state index contributed by atoms with van der Waals surface area (Å²) in [5, 5.41) is 6.59. The number of sulfonamides is 1. The molecule has 0 amide bonds. The summed E-state index contributed by atoms with van der Waals surface area (Å²) in [4.78, 5) is 11.8. The Hall–Kier alpha value is -3.36. The minimum absolute atomic E-state index is 0.0329. The number of thiophene rings is 1. The SMILES string of the molecule is NS(=O)(=O)c1cc(-c2ccc(-c3nc(-c4ccc(C(F)(F)F)cc4)cc(C(F)(F)F)n3)cn2)cs1. The maximum Gasteiger partial charge on any atom is 0.433 e. The first kappa shape index (κ1) is 24.8. The van der Waals surface area contributed by atoms with Gasteiger partial charge in [0.25, 0.3) is 0 Å². The van der Waals surface area contributed by atoms with E-state index in [-0.39, 0.29) is 26.9 Å². The topological polar surface area (TPSA) is 98.8 Å². The highest BCUT2D eigenvalue weighted by Gasteiger charge is 2.34. The molecule has 35 heavy (non-hydrogen) atoms. The van der Waals surface area contributed by atoms with Crippen LogP contribution in [0.3, 0.4) is 0 Å². The van der Waals surface area contributed by atoms with E-state index >= 15 is 0 Å². The Morgan fingerprint density at radius 3 is 1.94 bits per heavy atom. The van der Waals surface area contributed by atoms with Gasteiger partial charge in [0.2, 0.25) is 10.0 Å². The summed E-state index contributed by atoms with van der Waals surface area (Å²) in [6.45, 7) is 0. The molecule has 0 saturated heterocycles. The molecule has 0 unspecified atom stereocenters. The Morgan fingerprint density at radius 2 is 1.43 bits per heavy atom. The van der Waals surface area contributed by atoms with E-state index < -0.39 is 33.6 Å². The molecule has 14 heteroatoms. The molecular weight excluding hydrogens is 518 g/mol. The summed E-state index contributed by atoms with van der Waals surface area (Å²) in [6, 6.07) is 8.33. The lowest BCUT2D eigenvalue weighted by Crippen LogP contribution is -2.10. The molecule has 1 aromatic carbocycles. The van der Waals surface area contributed by atoms with E-state index in [1.54, 1.807) is 0 Å². The summed E-state index contributed by atoms with van der Waals surface area (Å²) >= 11 is 0.886. The van der Waals surface area contributed by atoms with Gasteiger partial charge in [-0.15, -0.1) is 11.3 Å². The van der Waals surface area contributed by atoms with E-state index in [1.165, 1.54) is 29.8 Å². The van der Waals surface area contributed by atoms with Crippen LogP contribution in [0.15, 0.2) is 64.3 Å². The molecule has 0 bridgehead atoms. The summed E-state index contributed by atoms with van der Waals surface area (Å²) < 4.78 is 102. The molecule has 0 atom stereocenters. The number of alkyl halides is 6. The summed E-state index contributed by atoms with van der Waals surface area (Å²) in [6.07, 6.45) is -8.24. The second kappa shape index (κ2) is 8.70. The van der Waals surface area contributed by atoms with Gasteiger partial charge in [0.1, 0.15) is 9.90 Å². The molecule has 2 N–H and O–H groups in total. The average Bonchev–Trinajstić information content (AvgIpc) is 3.29. The zero-order valence-corrected chi connectivity index (χ0v) is 18.7. The van der Waals surface area contributed by atoms with Crippen LogP contribution in [-0.2, 0) is 22.4 Å². The van der Waals surface area contributed by atoms with Crippen molar-refractivity contribution >= 4 is 21.4 Å². The Morgan fingerprint density at radius 1 is 0.771 bits per heavy atom. The Kier molecular flexibility index (Phi) is 6.15. The number of nitrogens with two attached hydrogens (primary N) is 1. The van der Waals surface area contributed by atoms with Crippen LogP contribution in [0.1, 0.15) is 11.3 Å². The third-order valence-corrected chi connectivity index (χ3v) is 7.08. The third-order valence-electron chi connectivity index (χ3n) is 4.70. The molecule has 0 aliphatic heterocycles. The molecule has 0 saturated carbocycles. The molecule has 4 aromatic rings. The molecule has 3 heterocycles. The van der Waals surface area contributed by atoms with Crippen LogP contribution in [0.5, 0.6) is 0 Å². The summed E-state index contributed by atoms with van der Waals surface area (Å²) in [5.41, 5.74) is -1.56. The zero-order chi connectivity index (χ0) is 25.6. The van der Waals surface area contributed by atoms with Crippen LogP contribution in [0.4, 0.5) is 26.3 Å². The number of hydrogen-bond donors (Lipinski definition) is 1. The van der Waals surface area contributed by atoms with Crippen molar-refractivity contribution in [1.29, 1.82) is 0 Å². The van der Waals surface area contributed by atoms with Gasteiger partial charge in [0.15, 0.2) is 5.82 Å². The van der Waals surface area contributed by atoms with Gasteiger partial charge in [-0.05, 0) is 36.4 Å². The third kappa shape index (κ3) is 5.49. The highest BCUT2D eigenvalue weighted by atomic mass is 32.2. The van der Waals surface area contributed by atoms with Crippen LogP contribution in [0, 0.1) is 0 Å². The van der Waals surface area contributed by atoms with Crippen LogP contribution < -0.4 is 5.14 Å². The number of pyridine rings is 1. The number of primary sulfonamides is 1. The molecule has 0 aliphatic carbocycles. The maximum absolute atomic E-state index is 13.5. The lowest BCUT2D eigenvalue weighted by atomic mass is 10.1. The van der Waals surface area contributed by atoms with Crippen LogP contribution >= 0.6 is 11.3 Å². The number of aromatic nitrogens is 3. The van der Waals surface area contributed by atoms with Crippen LogP contribution in [0.25, 0.3) is 33.9 Å². The van der Waals surface area contributed by atoms with E-state index in [1.807, 2.05) is 0 Å². The van der Waals surface area contributed by atoms with E-state index in [9.17, 15) is 34.8 Å². The number of halogens is 6. The minimum atomic E-state index is -4.84. The molecular formula is C21H12F6N4O2S2. The minimum Gasteiger partial charge on any atom is -0.255 e. The summed E-state index contributed by atoms with van der Waals surface area (Å²) in [7, 11) is -3.90. The van der Waals surface area contributed by atoms with Gasteiger partial charge in [-0.25, -0.2) is 23.5 Å². The van der Waals surface area contributed by atoms with Gasteiger partial charge < -0.3 is 0 Å². The average molecular weight is 530 g/mol. The number of nitrogens with zero attached hydrogens (tertiary/aromatic N) is 3. The highest BCUT2D eigenvalue weighted by molar-refractivity contribution is 7.91. The first-order valence-corrected chi connectivity index (χ1v) is 11.9. The highest BCUT2D eigenvalue weighted by Crippen LogP contribution is 2.34. The van der Waals surface area contributed by atoms with E-state index in [0.717, 1.165) is 35.6 Å². The Labute approximate surface area is 198 Å². The van der Waals surface area contributed by atoms with Crippen LogP contribution in [0.2, 0.25) is 0 Å². The second-order valence-electron chi connectivity index (χ2n) is 7.17. The van der Waals surface area contributed by atoms with Crippen molar-refractivity contribution in [3.05, 3.63) is 71.4 Å². The van der Waals surface area contributed by atoms with Crippen molar-refractivity contribution in [3.63, 3.8) is 0 Å². The van der Waals surface area contributed by atoms with E-state index in [4.69, 9.17) is 5.14 Å². The van der Waals surface area contributed by atoms with Crippen molar-refractivity contribution < 1.29 is 34.8 Å². The molecule has 0 aliphatic rings. The van der Waals surface area contributed by atoms with Crippen molar-refractivity contribution in [2.75, 3.05) is 0 Å². The smallest absolute Gasteiger partial charge is 0.255 e. The van der Waals surface area contributed by atoms with Gasteiger partial charge in [-0.3, -0.25) is 4.98 Å². The lowest BCUT2D eigenvalue weighted by molar-refractivity contribution is -0.141. The fourth-order valence-corrected chi connectivity index (χ4v) is 4.60. The maximum atomic E-state index is 13.5. The standard InChI is InChI=1S/C21H12F6N4O2S2/c22-20(23,24)14-4-1-11(2-5-14)16-8-17(21(25,26)27)31-19(30-16)12-3-6-15(29-9-12)13-7-18(34-10-13)35(28,32)33/h1-10H,(H2,28,32,33). The predicted octanol–water partition coefficient (Wildman–Crippen LogP) is 5.62. The van der Waals surface area contributed by atoms with E-state index in [2.05, 4.69) is 15.0 Å². The molecule has 0 fully saturated rings. The van der Waals surface area contributed by atoms with Gasteiger partial charge >= 0.3 is 12.4 Å². The largest absolute Gasteiger partial charge is 0.433 e. The Balaban J connectivity index is 1.73. The Bertz CT molecular complexity index is 1480. The molecule has 0 radical (unpaired) electrons. The quantitative estimate of drug-likeness (QED) is 0.346. The predicted molar refractivity (Wildman–Crippen MR) is 115 cm³/mol. The second-order valence-corrected chi connectivity index (χ2v) is 9.87. The summed E-state index contributed by atoms with van der Waals surface area (Å²) in [5.74, 6) is -0.343. The fourth-order valence-electron chi connectivity index (χ4n) is 3.00. The first-order valence-electron chi connectivity index (χ1n) is 9.44. The fraction of sp³-hybridized carbons (Fsp3) is 0.0952. The van der Waals surface area contributed by atoms with Crippen LogP contribution in [-0.4, -0.2) is 23.4 Å². The van der Waals surface area contributed by atoms with Crippen molar-refractivity contribution in [1.82, 2.24) is 15.0 Å². The molecule has 182 valence electrons. The lowest BCUT2D eigenvalue weighted by Gasteiger charge is -2.12. The molecule has 4 rings (SSSR count). The van der Waals surface area contributed by atoms with Gasteiger partial charge in [0, 0.05) is 28.3 Å². The molecule has 3 aromatic heterocycles. The van der Waals surface area contributed by atoms with Gasteiger partial charge in [-0.1, -0.05) is 12.1 Å². The molecule has 0 spiro atoms. The number of rotatable bonds is 4. The monoisotopic (exact) mass is 530 g/mol. The van der Waals surface area contributed by atoms with Crippen molar-refractivity contribution in [2.24, 2.45) is 5.14 Å². The van der Waals surface area contributed by atoms with Gasteiger partial charge in [-0.2, -0.15) is 26.3 Å². The number of benzene rings is 1. The van der Waals surface area contributed by atoms with E-state index in [0.29, 0.717) is 17.3 Å². The first-order chi connectivity index (χ1) is 16.2. The number of hydrogen-bond acceptors (Lipinski definition) is 6. The van der Waals surface area contributed by atoms with Crippen molar-refractivity contribution in [2.45, 2.75) is 16.6 Å². The zero-order valence-electron chi connectivity index (χ0n) is 17.1. The van der Waals surface area contributed by atoms with Crippen molar-refractivity contribution in [3.8, 4) is 33.9 Å². The molecule has 6 nitrogen and oxygen atoms in total. The van der Waals surface area contributed by atoms with Gasteiger partial charge in [0.05, 0.1) is 17.0 Å².